The first-order chi connectivity index (χ1) is 13.0. The zero-order valence-corrected chi connectivity index (χ0v) is 15.9. The van der Waals surface area contributed by atoms with E-state index in [1.54, 1.807) is 47.4 Å². The van der Waals surface area contributed by atoms with Gasteiger partial charge in [-0.2, -0.15) is 5.26 Å². The van der Waals surface area contributed by atoms with E-state index in [1.807, 2.05) is 6.07 Å². The van der Waals surface area contributed by atoms with Gasteiger partial charge < -0.3 is 10.2 Å². The predicted molar refractivity (Wildman–Crippen MR) is 105 cm³/mol. The third kappa shape index (κ3) is 4.60. The minimum absolute atomic E-state index is 0.0515. The molecule has 2 aromatic carbocycles. The highest BCUT2D eigenvalue weighted by molar-refractivity contribution is 6.32. The van der Waals surface area contributed by atoms with Crippen molar-refractivity contribution in [1.29, 1.82) is 5.26 Å². The Labute approximate surface area is 167 Å². The lowest BCUT2D eigenvalue weighted by Gasteiger charge is -2.31. The number of benzene rings is 2. The molecule has 1 aliphatic rings. The third-order valence-electron chi connectivity index (χ3n) is 4.60. The molecule has 7 heteroatoms. The van der Waals surface area contributed by atoms with E-state index in [-0.39, 0.29) is 17.7 Å². The van der Waals surface area contributed by atoms with Crippen molar-refractivity contribution >= 4 is 40.7 Å². The molecule has 138 valence electrons. The Kier molecular flexibility index (Phi) is 6.00. The number of hydrogen-bond donors (Lipinski definition) is 1. The van der Waals surface area contributed by atoms with E-state index < -0.39 is 0 Å². The van der Waals surface area contributed by atoms with Gasteiger partial charge >= 0.3 is 0 Å². The van der Waals surface area contributed by atoms with Crippen LogP contribution in [0.4, 0.5) is 5.69 Å². The molecule has 0 bridgehead atoms. The standard InChI is InChI=1S/C20H17Cl2N3O2/c21-16-4-1-14(2-5-16)20(27)25-9-7-13(8-10-25)19(26)24-17-6-3-15(12-23)18(22)11-17/h1-6,11,13H,7-10H2,(H,24,26). The van der Waals surface area contributed by atoms with Crippen LogP contribution in [0.1, 0.15) is 28.8 Å². The molecule has 27 heavy (non-hydrogen) atoms. The first-order valence-electron chi connectivity index (χ1n) is 8.53. The van der Waals surface area contributed by atoms with Gasteiger partial charge in [-0.15, -0.1) is 0 Å². The molecule has 2 amide bonds. The molecule has 1 heterocycles. The Morgan fingerprint density at radius 3 is 2.33 bits per heavy atom. The van der Waals surface area contributed by atoms with Crippen molar-refractivity contribution in [2.75, 3.05) is 18.4 Å². The lowest BCUT2D eigenvalue weighted by atomic mass is 9.95. The molecule has 1 aliphatic heterocycles. The van der Waals surface area contributed by atoms with E-state index in [2.05, 4.69) is 5.32 Å². The van der Waals surface area contributed by atoms with Crippen molar-refractivity contribution in [2.45, 2.75) is 12.8 Å². The summed E-state index contributed by atoms with van der Waals surface area (Å²) in [6, 6.07) is 13.6. The van der Waals surface area contributed by atoms with Crippen LogP contribution in [0.5, 0.6) is 0 Å². The van der Waals surface area contributed by atoms with Crippen molar-refractivity contribution in [1.82, 2.24) is 4.90 Å². The van der Waals surface area contributed by atoms with Gasteiger partial charge in [0, 0.05) is 35.3 Å². The monoisotopic (exact) mass is 401 g/mol. The summed E-state index contributed by atoms with van der Waals surface area (Å²) in [4.78, 5) is 26.8. The average Bonchev–Trinajstić information content (AvgIpc) is 2.68. The molecule has 0 unspecified atom stereocenters. The summed E-state index contributed by atoms with van der Waals surface area (Å²) in [5, 5.41) is 12.6. The van der Waals surface area contributed by atoms with Crippen molar-refractivity contribution in [3.05, 3.63) is 63.6 Å². The molecule has 1 N–H and O–H groups in total. The minimum atomic E-state index is -0.173. The zero-order valence-electron chi connectivity index (χ0n) is 14.4. The Morgan fingerprint density at radius 2 is 1.74 bits per heavy atom. The largest absolute Gasteiger partial charge is 0.339 e. The maximum Gasteiger partial charge on any atom is 0.253 e. The summed E-state index contributed by atoms with van der Waals surface area (Å²) in [5.41, 5.74) is 1.52. The first kappa shape index (κ1) is 19.2. The van der Waals surface area contributed by atoms with Crippen LogP contribution < -0.4 is 5.32 Å². The summed E-state index contributed by atoms with van der Waals surface area (Å²) in [6.45, 7) is 1.04. The highest BCUT2D eigenvalue weighted by atomic mass is 35.5. The second-order valence-electron chi connectivity index (χ2n) is 6.37. The lowest BCUT2D eigenvalue weighted by molar-refractivity contribution is -0.121. The Bertz CT molecular complexity index is 898. The summed E-state index contributed by atoms with van der Waals surface area (Å²) in [6.07, 6.45) is 1.18. The van der Waals surface area contributed by atoms with Gasteiger partial charge in [0.2, 0.25) is 5.91 Å². The van der Waals surface area contributed by atoms with Crippen molar-refractivity contribution < 1.29 is 9.59 Å². The summed E-state index contributed by atoms with van der Waals surface area (Å²) in [5.74, 6) is -0.326. The maximum absolute atomic E-state index is 12.5. The fourth-order valence-corrected chi connectivity index (χ4v) is 3.40. The highest BCUT2D eigenvalue weighted by Crippen LogP contribution is 2.24. The SMILES string of the molecule is N#Cc1ccc(NC(=O)C2CCN(C(=O)c3ccc(Cl)cc3)CC2)cc1Cl. The smallest absolute Gasteiger partial charge is 0.253 e. The van der Waals surface area contributed by atoms with Gasteiger partial charge in [0.05, 0.1) is 10.6 Å². The number of halogens is 2. The topological polar surface area (TPSA) is 73.2 Å². The van der Waals surface area contributed by atoms with Gasteiger partial charge in [-0.3, -0.25) is 9.59 Å². The number of piperidine rings is 1. The van der Waals surface area contributed by atoms with Crippen LogP contribution in [0.2, 0.25) is 10.0 Å². The quantitative estimate of drug-likeness (QED) is 0.829. The maximum atomic E-state index is 12.5. The second-order valence-corrected chi connectivity index (χ2v) is 7.21. The van der Waals surface area contributed by atoms with Gasteiger partial charge in [-0.05, 0) is 55.3 Å². The number of nitrogens with zero attached hydrogens (tertiary/aromatic N) is 2. The zero-order chi connectivity index (χ0) is 19.4. The number of rotatable bonds is 3. The number of amides is 2. The Balaban J connectivity index is 1.56. The van der Waals surface area contributed by atoms with Crippen LogP contribution in [-0.2, 0) is 4.79 Å². The van der Waals surface area contributed by atoms with E-state index >= 15 is 0 Å². The van der Waals surface area contributed by atoms with E-state index in [1.165, 1.54) is 0 Å². The highest BCUT2D eigenvalue weighted by Gasteiger charge is 2.28. The normalized spacial score (nSPS) is 14.5. The summed E-state index contributed by atoms with van der Waals surface area (Å²) < 4.78 is 0. The van der Waals surface area contributed by atoms with Crippen LogP contribution in [0.25, 0.3) is 0 Å². The minimum Gasteiger partial charge on any atom is -0.339 e. The molecule has 1 saturated heterocycles. The molecule has 0 aromatic heterocycles. The third-order valence-corrected chi connectivity index (χ3v) is 5.17. The number of nitriles is 1. The Hall–Kier alpha value is -2.55. The number of hydrogen-bond acceptors (Lipinski definition) is 3. The van der Waals surface area contributed by atoms with Gasteiger partial charge in [0.15, 0.2) is 0 Å². The van der Waals surface area contributed by atoms with Crippen molar-refractivity contribution in [3.63, 3.8) is 0 Å². The van der Waals surface area contributed by atoms with Gasteiger partial charge in [-0.25, -0.2) is 0 Å². The molecule has 0 aliphatic carbocycles. The van der Waals surface area contributed by atoms with E-state index in [9.17, 15) is 9.59 Å². The van der Waals surface area contributed by atoms with E-state index in [4.69, 9.17) is 28.5 Å². The molecule has 0 spiro atoms. The predicted octanol–water partition coefficient (Wildman–Crippen LogP) is 4.36. The number of anilines is 1. The number of carbonyl (C=O) groups excluding carboxylic acids is 2. The Morgan fingerprint density at radius 1 is 1.07 bits per heavy atom. The number of likely N-dealkylation sites (tertiary alicyclic amines) is 1. The van der Waals surface area contributed by atoms with Crippen LogP contribution in [0, 0.1) is 17.2 Å². The summed E-state index contributed by atoms with van der Waals surface area (Å²) in [7, 11) is 0. The van der Waals surface area contributed by atoms with Crippen LogP contribution in [0.3, 0.4) is 0 Å². The molecule has 3 rings (SSSR count). The lowest BCUT2D eigenvalue weighted by Crippen LogP contribution is -2.41. The molecule has 1 fully saturated rings. The van der Waals surface area contributed by atoms with Crippen molar-refractivity contribution in [2.24, 2.45) is 5.92 Å². The fraction of sp³-hybridized carbons (Fsp3) is 0.250. The molecule has 2 aromatic rings. The van der Waals surface area contributed by atoms with Crippen LogP contribution in [0.15, 0.2) is 42.5 Å². The summed E-state index contributed by atoms with van der Waals surface area (Å²) >= 11 is 11.9. The molecule has 0 atom stereocenters. The molecular weight excluding hydrogens is 385 g/mol. The fourth-order valence-electron chi connectivity index (χ4n) is 3.05. The van der Waals surface area contributed by atoms with Gasteiger partial charge in [-0.1, -0.05) is 23.2 Å². The molecular formula is C20H17Cl2N3O2. The van der Waals surface area contributed by atoms with E-state index in [0.717, 1.165) is 0 Å². The van der Waals surface area contributed by atoms with Crippen molar-refractivity contribution in [3.8, 4) is 6.07 Å². The van der Waals surface area contributed by atoms with Gasteiger partial charge in [0.1, 0.15) is 6.07 Å². The van der Waals surface area contributed by atoms with Crippen LogP contribution in [-0.4, -0.2) is 29.8 Å². The number of carbonyl (C=O) groups is 2. The average molecular weight is 402 g/mol. The van der Waals surface area contributed by atoms with Crippen LogP contribution >= 0.6 is 23.2 Å². The first-order valence-corrected chi connectivity index (χ1v) is 9.29. The number of nitrogens with one attached hydrogen (secondary N) is 1. The molecule has 5 nitrogen and oxygen atoms in total. The van der Waals surface area contributed by atoms with Gasteiger partial charge in [0.25, 0.3) is 5.91 Å². The second kappa shape index (κ2) is 8.43. The molecule has 0 saturated carbocycles. The molecule has 0 radical (unpaired) electrons. The van der Waals surface area contributed by atoms with E-state index in [0.29, 0.717) is 52.8 Å².